The number of nitrogens with one attached hydrogen (secondary N) is 1. The predicted molar refractivity (Wildman–Crippen MR) is 129 cm³/mol. The van der Waals surface area contributed by atoms with Gasteiger partial charge in [-0.1, -0.05) is 39.2 Å². The van der Waals surface area contributed by atoms with Crippen molar-refractivity contribution in [1.29, 1.82) is 0 Å². The molecule has 0 unspecified atom stereocenters. The quantitative estimate of drug-likeness (QED) is 0.427. The van der Waals surface area contributed by atoms with E-state index in [1.807, 2.05) is 50.0 Å². The van der Waals surface area contributed by atoms with Gasteiger partial charge in [-0.05, 0) is 55.5 Å². The third kappa shape index (κ3) is 5.69. The van der Waals surface area contributed by atoms with Crippen LogP contribution in [0.25, 0.3) is 16.7 Å². The number of benzene rings is 1. The highest BCUT2D eigenvalue weighted by Crippen LogP contribution is 2.29. The number of hydrogen-bond donors (Lipinski definition) is 1. The van der Waals surface area contributed by atoms with E-state index in [2.05, 4.69) is 39.5 Å². The van der Waals surface area contributed by atoms with Crippen LogP contribution >= 0.6 is 11.8 Å². The standard InChI is InChI=1S/C22H28N4OS.C2H6/c1-28-16-6-15-27-20-10-5-9-19-18(20)12-14-26(19)21-11-13-23-22(25-21)24-17-7-3-2-4-8-17;1-2/h5,9-14,17H,2-4,6-8,15-16H2,1H3,(H,23,24,25);1-2H3. The lowest BCUT2D eigenvalue weighted by atomic mass is 9.96. The first-order chi connectivity index (χ1) is 14.8. The summed E-state index contributed by atoms with van der Waals surface area (Å²) < 4.78 is 8.13. The third-order valence-electron chi connectivity index (χ3n) is 5.27. The number of hydrogen-bond acceptors (Lipinski definition) is 5. The van der Waals surface area contributed by atoms with Gasteiger partial charge in [-0.25, -0.2) is 4.98 Å². The molecule has 0 atom stereocenters. The molecule has 1 saturated carbocycles. The topological polar surface area (TPSA) is 52.0 Å². The fraction of sp³-hybridized carbons (Fsp3) is 0.500. The molecule has 1 aliphatic carbocycles. The fourth-order valence-corrected chi connectivity index (χ4v) is 4.24. The minimum absolute atomic E-state index is 0.492. The van der Waals surface area contributed by atoms with Crippen molar-refractivity contribution in [3.8, 4) is 11.6 Å². The van der Waals surface area contributed by atoms with E-state index in [-0.39, 0.29) is 0 Å². The average molecular weight is 427 g/mol. The Kier molecular flexibility index (Phi) is 8.87. The molecule has 30 heavy (non-hydrogen) atoms. The number of ether oxygens (including phenoxy) is 1. The number of rotatable bonds is 8. The molecule has 4 rings (SSSR count). The van der Waals surface area contributed by atoms with Crippen molar-refractivity contribution in [3.05, 3.63) is 42.7 Å². The summed E-state index contributed by atoms with van der Waals surface area (Å²) in [5.74, 6) is 3.65. The van der Waals surface area contributed by atoms with Gasteiger partial charge in [0, 0.05) is 23.8 Å². The molecule has 3 aromatic rings. The lowest BCUT2D eigenvalue weighted by Gasteiger charge is -2.22. The maximum atomic E-state index is 6.02. The van der Waals surface area contributed by atoms with Gasteiger partial charge in [0.05, 0.1) is 12.1 Å². The zero-order chi connectivity index (χ0) is 21.2. The molecule has 162 valence electrons. The Morgan fingerprint density at radius 2 is 1.97 bits per heavy atom. The molecular weight excluding hydrogens is 392 g/mol. The normalized spacial score (nSPS) is 14.2. The molecule has 0 spiro atoms. The molecule has 0 radical (unpaired) electrons. The van der Waals surface area contributed by atoms with Crippen LogP contribution in [0.15, 0.2) is 42.7 Å². The third-order valence-corrected chi connectivity index (χ3v) is 5.97. The zero-order valence-corrected chi connectivity index (χ0v) is 19.3. The second-order valence-corrected chi connectivity index (χ2v) is 8.27. The summed E-state index contributed by atoms with van der Waals surface area (Å²) >= 11 is 1.85. The molecule has 1 aliphatic rings. The first kappa shape index (κ1) is 22.5. The molecule has 5 nitrogen and oxygen atoms in total. The van der Waals surface area contributed by atoms with Crippen LogP contribution in [-0.2, 0) is 0 Å². The van der Waals surface area contributed by atoms with Gasteiger partial charge in [-0.2, -0.15) is 16.7 Å². The monoisotopic (exact) mass is 426 g/mol. The van der Waals surface area contributed by atoms with E-state index in [9.17, 15) is 0 Å². The van der Waals surface area contributed by atoms with E-state index in [0.717, 1.165) is 47.2 Å². The molecule has 1 N–H and O–H groups in total. The van der Waals surface area contributed by atoms with Crippen molar-refractivity contribution in [2.75, 3.05) is 23.9 Å². The second kappa shape index (κ2) is 11.8. The molecule has 2 aromatic heterocycles. The lowest BCUT2D eigenvalue weighted by Crippen LogP contribution is -2.23. The number of nitrogens with zero attached hydrogens (tertiary/aromatic N) is 3. The molecule has 2 heterocycles. The number of fused-ring (bicyclic) bond motifs is 1. The van der Waals surface area contributed by atoms with Crippen LogP contribution in [-0.4, -0.2) is 39.2 Å². The summed E-state index contributed by atoms with van der Waals surface area (Å²) in [5, 5.41) is 4.64. The van der Waals surface area contributed by atoms with Gasteiger partial charge < -0.3 is 14.6 Å². The van der Waals surface area contributed by atoms with Gasteiger partial charge in [-0.3, -0.25) is 0 Å². The summed E-state index contributed by atoms with van der Waals surface area (Å²) in [6.07, 6.45) is 13.4. The maximum absolute atomic E-state index is 6.02. The number of anilines is 1. The molecule has 1 aromatic carbocycles. The van der Waals surface area contributed by atoms with Gasteiger partial charge in [0.1, 0.15) is 11.6 Å². The average Bonchev–Trinajstić information content (AvgIpc) is 3.24. The molecule has 0 bridgehead atoms. The van der Waals surface area contributed by atoms with Gasteiger partial charge in [0.25, 0.3) is 0 Å². The van der Waals surface area contributed by atoms with Gasteiger partial charge >= 0.3 is 0 Å². The zero-order valence-electron chi connectivity index (χ0n) is 18.4. The largest absolute Gasteiger partial charge is 0.493 e. The molecule has 6 heteroatoms. The summed E-state index contributed by atoms with van der Waals surface area (Å²) in [6, 6.07) is 10.8. The first-order valence-electron chi connectivity index (χ1n) is 11.2. The Balaban J connectivity index is 0.00000124. The van der Waals surface area contributed by atoms with Crippen molar-refractivity contribution in [1.82, 2.24) is 14.5 Å². The van der Waals surface area contributed by atoms with Crippen molar-refractivity contribution < 1.29 is 4.74 Å². The van der Waals surface area contributed by atoms with Crippen LogP contribution in [0.3, 0.4) is 0 Å². The summed E-state index contributed by atoms with van der Waals surface area (Å²) in [7, 11) is 0. The van der Waals surface area contributed by atoms with E-state index in [4.69, 9.17) is 9.72 Å². The Morgan fingerprint density at radius 1 is 1.13 bits per heavy atom. The van der Waals surface area contributed by atoms with Gasteiger partial charge in [0.15, 0.2) is 0 Å². The molecule has 0 aliphatic heterocycles. The predicted octanol–water partition coefficient (Wildman–Crippen LogP) is 6.32. The van der Waals surface area contributed by atoms with Crippen LogP contribution in [0.5, 0.6) is 5.75 Å². The Morgan fingerprint density at radius 3 is 2.77 bits per heavy atom. The smallest absolute Gasteiger partial charge is 0.224 e. The van der Waals surface area contributed by atoms with Gasteiger partial charge in [-0.15, -0.1) is 0 Å². The molecule has 0 amide bonds. The number of thioether (sulfide) groups is 1. The minimum Gasteiger partial charge on any atom is -0.493 e. The summed E-state index contributed by atoms with van der Waals surface area (Å²) in [4.78, 5) is 9.21. The SMILES string of the molecule is CC.CSCCCOc1cccc2c1ccn2-c1ccnc(NC2CCCCC2)n1. The summed E-state index contributed by atoms with van der Waals surface area (Å²) in [6.45, 7) is 4.74. The van der Waals surface area contributed by atoms with Crippen LogP contribution in [0, 0.1) is 0 Å². The van der Waals surface area contributed by atoms with Gasteiger partial charge in [0.2, 0.25) is 5.95 Å². The maximum Gasteiger partial charge on any atom is 0.224 e. The van der Waals surface area contributed by atoms with Crippen LogP contribution in [0.1, 0.15) is 52.4 Å². The highest BCUT2D eigenvalue weighted by molar-refractivity contribution is 7.98. The van der Waals surface area contributed by atoms with E-state index in [0.29, 0.717) is 6.04 Å². The highest BCUT2D eigenvalue weighted by atomic mass is 32.2. The number of aromatic nitrogens is 3. The van der Waals surface area contributed by atoms with E-state index in [1.165, 1.54) is 32.1 Å². The van der Waals surface area contributed by atoms with E-state index < -0.39 is 0 Å². The first-order valence-corrected chi connectivity index (χ1v) is 12.6. The molecule has 1 fully saturated rings. The second-order valence-electron chi connectivity index (χ2n) is 7.29. The highest BCUT2D eigenvalue weighted by Gasteiger charge is 2.15. The lowest BCUT2D eigenvalue weighted by molar-refractivity contribution is 0.322. The molecular formula is C24H34N4OS. The Bertz CT molecular complexity index is 905. The van der Waals surface area contributed by atoms with Crippen LogP contribution < -0.4 is 10.1 Å². The van der Waals surface area contributed by atoms with Crippen LogP contribution in [0.4, 0.5) is 5.95 Å². The minimum atomic E-state index is 0.492. The van der Waals surface area contributed by atoms with Crippen molar-refractivity contribution in [2.24, 2.45) is 0 Å². The van der Waals surface area contributed by atoms with Crippen molar-refractivity contribution in [2.45, 2.75) is 58.4 Å². The van der Waals surface area contributed by atoms with E-state index in [1.54, 1.807) is 0 Å². The fourth-order valence-electron chi connectivity index (χ4n) is 3.83. The van der Waals surface area contributed by atoms with E-state index >= 15 is 0 Å². The Labute approximate surface area is 184 Å². The summed E-state index contributed by atoms with van der Waals surface area (Å²) in [5.41, 5.74) is 1.10. The Hall–Kier alpha value is -2.21. The van der Waals surface area contributed by atoms with Crippen molar-refractivity contribution in [3.63, 3.8) is 0 Å². The molecule has 0 saturated heterocycles. The van der Waals surface area contributed by atoms with Crippen LogP contribution in [0.2, 0.25) is 0 Å². The van der Waals surface area contributed by atoms with Crippen molar-refractivity contribution >= 4 is 28.6 Å².